The molecule has 0 radical (unpaired) electrons. The molecule has 0 amide bonds. The van der Waals surface area contributed by atoms with E-state index in [1.165, 1.54) is 13.2 Å². The van der Waals surface area contributed by atoms with Crippen LogP contribution >= 0.6 is 0 Å². The van der Waals surface area contributed by atoms with E-state index in [1.54, 1.807) is 13.0 Å². The van der Waals surface area contributed by atoms with Crippen molar-refractivity contribution in [2.24, 2.45) is 0 Å². The van der Waals surface area contributed by atoms with Crippen LogP contribution in [0.15, 0.2) is 12.1 Å². The largest absolute Gasteiger partial charge is 0.493 e. The van der Waals surface area contributed by atoms with Crippen molar-refractivity contribution in [3.63, 3.8) is 0 Å². The summed E-state index contributed by atoms with van der Waals surface area (Å²) in [5, 5.41) is 8.85. The smallest absolute Gasteiger partial charge is 0.165 e. The third-order valence-corrected chi connectivity index (χ3v) is 1.64. The van der Waals surface area contributed by atoms with Gasteiger partial charge in [0.1, 0.15) is 0 Å². The Bertz CT molecular complexity index is 284. The minimum absolute atomic E-state index is 0.128. The third-order valence-electron chi connectivity index (χ3n) is 1.64. The van der Waals surface area contributed by atoms with E-state index in [4.69, 9.17) is 9.84 Å². The van der Waals surface area contributed by atoms with E-state index in [2.05, 4.69) is 0 Å². The second-order valence-electron chi connectivity index (χ2n) is 2.60. The molecule has 1 aromatic rings. The number of hydrogen-bond acceptors (Lipinski definition) is 2. The van der Waals surface area contributed by atoms with E-state index < -0.39 is 5.82 Å². The van der Waals surface area contributed by atoms with E-state index >= 15 is 0 Å². The summed E-state index contributed by atoms with van der Waals surface area (Å²) in [5.41, 5.74) is 1.26. The summed E-state index contributed by atoms with van der Waals surface area (Å²) in [6, 6.07) is 3.07. The van der Waals surface area contributed by atoms with Gasteiger partial charge in [-0.05, 0) is 24.6 Å². The van der Waals surface area contributed by atoms with E-state index in [9.17, 15) is 4.39 Å². The standard InChI is InChI=1S/C9H11FO2/c1-6-3-7(5-11)9(12-2)8(10)4-6/h3-4,11H,5H2,1-2H3. The highest BCUT2D eigenvalue weighted by Crippen LogP contribution is 2.23. The first-order valence-corrected chi connectivity index (χ1v) is 3.63. The maximum atomic E-state index is 13.1. The maximum absolute atomic E-state index is 13.1. The first-order valence-electron chi connectivity index (χ1n) is 3.63. The molecule has 0 spiro atoms. The first kappa shape index (κ1) is 9.00. The molecule has 0 aliphatic heterocycles. The van der Waals surface area contributed by atoms with Gasteiger partial charge >= 0.3 is 0 Å². The molecule has 0 aliphatic carbocycles. The topological polar surface area (TPSA) is 29.5 Å². The molecule has 0 saturated heterocycles. The zero-order chi connectivity index (χ0) is 9.14. The summed E-state index contributed by atoms with van der Waals surface area (Å²) in [4.78, 5) is 0. The molecule has 3 heteroatoms. The van der Waals surface area contributed by atoms with Crippen molar-refractivity contribution in [3.8, 4) is 5.75 Å². The normalized spacial score (nSPS) is 10.0. The molecule has 1 N–H and O–H groups in total. The second-order valence-corrected chi connectivity index (χ2v) is 2.60. The van der Waals surface area contributed by atoms with Crippen LogP contribution in [0.4, 0.5) is 4.39 Å². The van der Waals surface area contributed by atoms with E-state index in [0.717, 1.165) is 5.56 Å². The van der Waals surface area contributed by atoms with Crippen molar-refractivity contribution in [1.29, 1.82) is 0 Å². The van der Waals surface area contributed by atoms with Gasteiger partial charge in [-0.1, -0.05) is 0 Å². The quantitative estimate of drug-likeness (QED) is 0.731. The molecule has 0 heterocycles. The highest BCUT2D eigenvalue weighted by atomic mass is 19.1. The van der Waals surface area contributed by atoms with Gasteiger partial charge < -0.3 is 9.84 Å². The molecule has 0 aliphatic rings. The Morgan fingerprint density at radius 1 is 1.50 bits per heavy atom. The van der Waals surface area contributed by atoms with Crippen molar-refractivity contribution >= 4 is 0 Å². The fourth-order valence-corrected chi connectivity index (χ4v) is 1.15. The SMILES string of the molecule is COc1c(F)cc(C)cc1CO. The molecular weight excluding hydrogens is 159 g/mol. The lowest BCUT2D eigenvalue weighted by molar-refractivity contribution is 0.270. The summed E-state index contributed by atoms with van der Waals surface area (Å²) >= 11 is 0. The van der Waals surface area contributed by atoms with Crippen LogP contribution in [0.1, 0.15) is 11.1 Å². The highest BCUT2D eigenvalue weighted by molar-refractivity contribution is 5.37. The van der Waals surface area contributed by atoms with Gasteiger partial charge in [0.05, 0.1) is 13.7 Å². The van der Waals surface area contributed by atoms with Gasteiger partial charge in [0.25, 0.3) is 0 Å². The molecule has 0 aromatic heterocycles. The molecular formula is C9H11FO2. The molecule has 0 atom stereocenters. The number of aryl methyl sites for hydroxylation is 1. The highest BCUT2D eigenvalue weighted by Gasteiger charge is 2.08. The Morgan fingerprint density at radius 2 is 2.17 bits per heavy atom. The Balaban J connectivity index is 3.24. The van der Waals surface area contributed by atoms with Gasteiger partial charge in [0.15, 0.2) is 11.6 Å². The van der Waals surface area contributed by atoms with Crippen molar-refractivity contribution in [2.45, 2.75) is 13.5 Å². The molecule has 1 rings (SSSR count). The number of halogens is 1. The average molecular weight is 170 g/mol. The zero-order valence-electron chi connectivity index (χ0n) is 7.10. The van der Waals surface area contributed by atoms with Gasteiger partial charge in [-0.25, -0.2) is 4.39 Å². The van der Waals surface area contributed by atoms with Crippen LogP contribution < -0.4 is 4.74 Å². The predicted molar refractivity (Wildman–Crippen MR) is 43.6 cm³/mol. The lowest BCUT2D eigenvalue weighted by Gasteiger charge is -2.07. The van der Waals surface area contributed by atoms with Gasteiger partial charge in [0, 0.05) is 5.56 Å². The van der Waals surface area contributed by atoms with Crippen LogP contribution in [-0.4, -0.2) is 12.2 Å². The molecule has 12 heavy (non-hydrogen) atoms. The molecule has 0 unspecified atom stereocenters. The van der Waals surface area contributed by atoms with Gasteiger partial charge in [0.2, 0.25) is 0 Å². The maximum Gasteiger partial charge on any atom is 0.165 e. The van der Waals surface area contributed by atoms with Crippen LogP contribution in [0.2, 0.25) is 0 Å². The number of rotatable bonds is 2. The van der Waals surface area contributed by atoms with Gasteiger partial charge in [-0.2, -0.15) is 0 Å². The minimum atomic E-state index is -0.429. The lowest BCUT2D eigenvalue weighted by atomic mass is 10.1. The van der Waals surface area contributed by atoms with Crippen LogP contribution in [0.3, 0.4) is 0 Å². The Morgan fingerprint density at radius 3 is 2.67 bits per heavy atom. The predicted octanol–water partition coefficient (Wildman–Crippen LogP) is 1.64. The summed E-state index contributed by atoms with van der Waals surface area (Å²) in [7, 11) is 1.38. The minimum Gasteiger partial charge on any atom is -0.493 e. The average Bonchev–Trinajstić information content (AvgIpc) is 2.03. The number of benzene rings is 1. The summed E-state index contributed by atoms with van der Waals surface area (Å²) in [6.07, 6.45) is 0. The van der Waals surface area contributed by atoms with Crippen molar-refractivity contribution in [3.05, 3.63) is 29.1 Å². The van der Waals surface area contributed by atoms with Crippen LogP contribution in [0.5, 0.6) is 5.75 Å². The fourth-order valence-electron chi connectivity index (χ4n) is 1.15. The third kappa shape index (κ3) is 1.56. The van der Waals surface area contributed by atoms with Crippen LogP contribution in [0, 0.1) is 12.7 Å². The van der Waals surface area contributed by atoms with Crippen molar-refractivity contribution in [2.75, 3.05) is 7.11 Å². The first-order chi connectivity index (χ1) is 5.69. The number of aliphatic hydroxyl groups excluding tert-OH is 1. The zero-order valence-corrected chi connectivity index (χ0v) is 7.10. The Kier molecular flexibility index (Phi) is 2.65. The second kappa shape index (κ2) is 3.54. The Labute approximate surface area is 70.6 Å². The van der Waals surface area contributed by atoms with Crippen LogP contribution in [-0.2, 0) is 6.61 Å². The lowest BCUT2D eigenvalue weighted by Crippen LogP contribution is -1.96. The number of methoxy groups -OCH3 is 1. The summed E-state index contributed by atoms with van der Waals surface area (Å²) in [6.45, 7) is 1.56. The molecule has 0 bridgehead atoms. The van der Waals surface area contributed by atoms with E-state index in [0.29, 0.717) is 5.56 Å². The van der Waals surface area contributed by atoms with Crippen molar-refractivity contribution in [1.82, 2.24) is 0 Å². The Hall–Kier alpha value is -1.09. The monoisotopic (exact) mass is 170 g/mol. The van der Waals surface area contributed by atoms with Gasteiger partial charge in [-0.3, -0.25) is 0 Å². The molecule has 0 saturated carbocycles. The van der Waals surface area contributed by atoms with Crippen molar-refractivity contribution < 1.29 is 14.2 Å². The number of ether oxygens (including phenoxy) is 1. The van der Waals surface area contributed by atoms with E-state index in [1.807, 2.05) is 0 Å². The summed E-state index contributed by atoms with van der Waals surface area (Å²) < 4.78 is 17.8. The van der Waals surface area contributed by atoms with Gasteiger partial charge in [-0.15, -0.1) is 0 Å². The summed E-state index contributed by atoms with van der Waals surface area (Å²) in [5.74, 6) is -0.301. The molecule has 1 aromatic carbocycles. The van der Waals surface area contributed by atoms with Crippen LogP contribution in [0.25, 0.3) is 0 Å². The molecule has 66 valence electrons. The number of hydrogen-bond donors (Lipinski definition) is 1. The molecule has 0 fully saturated rings. The molecule has 2 nitrogen and oxygen atoms in total. The van der Waals surface area contributed by atoms with E-state index in [-0.39, 0.29) is 12.4 Å². The number of aliphatic hydroxyl groups is 1. The fraction of sp³-hybridized carbons (Fsp3) is 0.333.